The number of unbranched alkanes of at least 4 members (excludes halogenated alkanes) is 1. The highest BCUT2D eigenvalue weighted by Crippen LogP contribution is 2.37. The zero-order valence-corrected chi connectivity index (χ0v) is 17.7. The summed E-state index contributed by atoms with van der Waals surface area (Å²) in [6.07, 6.45) is 9.85. The lowest BCUT2D eigenvalue weighted by Crippen LogP contribution is -2.13. The lowest BCUT2D eigenvalue weighted by atomic mass is 9.77. The van der Waals surface area contributed by atoms with E-state index in [2.05, 4.69) is 61.8 Å². The molecule has 0 unspecified atom stereocenters. The van der Waals surface area contributed by atoms with Gasteiger partial charge in [-0.2, -0.15) is 0 Å². The van der Waals surface area contributed by atoms with Gasteiger partial charge in [-0.3, -0.25) is 0 Å². The van der Waals surface area contributed by atoms with Gasteiger partial charge in [-0.15, -0.1) is 0 Å². The third-order valence-electron chi connectivity index (χ3n) is 5.84. The Labute approximate surface area is 175 Å². The Kier molecular flexibility index (Phi) is 7.95. The Balaban J connectivity index is 1.62. The minimum Gasteiger partial charge on any atom is -0.206 e. The summed E-state index contributed by atoms with van der Waals surface area (Å²) in [5, 5.41) is 0. The van der Waals surface area contributed by atoms with Crippen molar-refractivity contribution in [3.63, 3.8) is 0 Å². The van der Waals surface area contributed by atoms with Gasteiger partial charge in [-0.25, -0.2) is 4.39 Å². The van der Waals surface area contributed by atoms with Crippen molar-refractivity contribution in [3.05, 3.63) is 70.5 Å². The van der Waals surface area contributed by atoms with E-state index in [1.165, 1.54) is 50.2 Å². The van der Waals surface area contributed by atoms with Crippen LogP contribution in [0.3, 0.4) is 0 Å². The molecule has 0 spiro atoms. The van der Waals surface area contributed by atoms with E-state index in [0.29, 0.717) is 17.0 Å². The summed E-state index contributed by atoms with van der Waals surface area (Å²) in [5.41, 5.74) is 3.48. The smallest absolute Gasteiger partial charge is 0.140 e. The first-order chi connectivity index (χ1) is 14.2. The van der Waals surface area contributed by atoms with Crippen LogP contribution in [0.5, 0.6) is 0 Å². The predicted molar refractivity (Wildman–Crippen MR) is 120 cm³/mol. The van der Waals surface area contributed by atoms with Gasteiger partial charge in [0.15, 0.2) is 0 Å². The summed E-state index contributed by atoms with van der Waals surface area (Å²) in [6, 6.07) is 13.6. The van der Waals surface area contributed by atoms with Gasteiger partial charge in [0.25, 0.3) is 0 Å². The van der Waals surface area contributed by atoms with Crippen LogP contribution in [0, 0.1) is 35.4 Å². The molecule has 0 bridgehead atoms. The van der Waals surface area contributed by atoms with Crippen molar-refractivity contribution in [3.8, 4) is 23.7 Å². The first kappa shape index (κ1) is 21.2. The van der Waals surface area contributed by atoms with Gasteiger partial charge in [0, 0.05) is 17.5 Å². The molecule has 0 atom stereocenters. The molecule has 2 aromatic rings. The van der Waals surface area contributed by atoms with Crippen molar-refractivity contribution in [1.82, 2.24) is 0 Å². The highest BCUT2D eigenvalue weighted by atomic mass is 19.1. The third-order valence-corrected chi connectivity index (χ3v) is 5.84. The van der Waals surface area contributed by atoms with E-state index < -0.39 is 0 Å². The van der Waals surface area contributed by atoms with Crippen LogP contribution in [-0.4, -0.2) is 0 Å². The average molecular weight is 387 g/mol. The molecule has 0 N–H and O–H groups in total. The molecular weight excluding hydrogens is 355 g/mol. The van der Waals surface area contributed by atoms with Crippen molar-refractivity contribution in [2.75, 3.05) is 0 Å². The van der Waals surface area contributed by atoms with E-state index >= 15 is 0 Å². The molecule has 0 heterocycles. The fourth-order valence-corrected chi connectivity index (χ4v) is 4.15. The van der Waals surface area contributed by atoms with Crippen molar-refractivity contribution >= 4 is 0 Å². The van der Waals surface area contributed by atoms with Crippen LogP contribution in [0.1, 0.15) is 93.4 Å². The van der Waals surface area contributed by atoms with E-state index in [-0.39, 0.29) is 5.82 Å². The molecule has 29 heavy (non-hydrogen) atoms. The summed E-state index contributed by atoms with van der Waals surface area (Å²) in [5.74, 6) is 13.4. The molecule has 3 rings (SSSR count). The number of rotatable bonds is 4. The lowest BCUT2D eigenvalue weighted by molar-refractivity contribution is 0.308. The molecule has 1 aliphatic rings. The van der Waals surface area contributed by atoms with Crippen LogP contribution in [0.15, 0.2) is 42.5 Å². The van der Waals surface area contributed by atoms with Crippen LogP contribution < -0.4 is 0 Å². The molecule has 0 nitrogen and oxygen atoms in total. The molecule has 0 aliphatic heterocycles. The van der Waals surface area contributed by atoms with Gasteiger partial charge in [-0.1, -0.05) is 62.5 Å². The largest absolute Gasteiger partial charge is 0.206 e. The topological polar surface area (TPSA) is 0 Å². The molecule has 2 aromatic carbocycles. The zero-order valence-electron chi connectivity index (χ0n) is 17.7. The Morgan fingerprint density at radius 2 is 1.55 bits per heavy atom. The fourth-order valence-electron chi connectivity index (χ4n) is 4.15. The molecule has 1 aliphatic carbocycles. The minimum absolute atomic E-state index is 0.304. The highest BCUT2D eigenvalue weighted by molar-refractivity contribution is 5.47. The second kappa shape index (κ2) is 10.9. The molecule has 0 aromatic heterocycles. The van der Waals surface area contributed by atoms with Crippen molar-refractivity contribution in [2.45, 2.75) is 71.1 Å². The maximum atomic E-state index is 14.3. The van der Waals surface area contributed by atoms with Crippen LogP contribution in [0.4, 0.5) is 4.39 Å². The molecule has 150 valence electrons. The lowest BCUT2D eigenvalue weighted by Gasteiger charge is -2.28. The van der Waals surface area contributed by atoms with Gasteiger partial charge in [0.1, 0.15) is 5.82 Å². The monoisotopic (exact) mass is 386 g/mol. The van der Waals surface area contributed by atoms with Crippen molar-refractivity contribution < 1.29 is 4.39 Å². The van der Waals surface area contributed by atoms with Gasteiger partial charge in [0.2, 0.25) is 0 Å². The standard InChI is InChI=1S/C28H31F/c1-3-5-6-8-24-14-20-27(28(29)21-24)19-13-23-11-17-26(18-12-23)25-15-9-22(7-4-2)10-16-25/h11-12,14,17-18,20-22,25H,3-5,7,9-10,15-16H2,1-2H3. The van der Waals surface area contributed by atoms with E-state index in [1.807, 2.05) is 6.07 Å². The molecule has 1 fully saturated rings. The third kappa shape index (κ3) is 6.24. The second-order valence-electron chi connectivity index (χ2n) is 8.12. The van der Waals surface area contributed by atoms with Crippen LogP contribution in [0.25, 0.3) is 0 Å². The molecule has 1 heteroatoms. The number of hydrogen-bond acceptors (Lipinski definition) is 0. The Hall–Kier alpha value is -2.51. The molecule has 0 amide bonds. The number of halogens is 1. The summed E-state index contributed by atoms with van der Waals surface area (Å²) < 4.78 is 14.3. The summed E-state index contributed by atoms with van der Waals surface area (Å²) in [4.78, 5) is 0. The minimum atomic E-state index is -0.304. The normalized spacial score (nSPS) is 18.3. The Morgan fingerprint density at radius 3 is 2.21 bits per heavy atom. The van der Waals surface area contributed by atoms with E-state index in [1.54, 1.807) is 6.07 Å². The van der Waals surface area contributed by atoms with Crippen LogP contribution >= 0.6 is 0 Å². The van der Waals surface area contributed by atoms with Gasteiger partial charge < -0.3 is 0 Å². The first-order valence-electron chi connectivity index (χ1n) is 11.1. The molecular formula is C28H31F. The fraction of sp³-hybridized carbons (Fsp3) is 0.429. The van der Waals surface area contributed by atoms with E-state index in [9.17, 15) is 4.39 Å². The summed E-state index contributed by atoms with van der Waals surface area (Å²) >= 11 is 0. The van der Waals surface area contributed by atoms with Crippen molar-refractivity contribution in [1.29, 1.82) is 0 Å². The predicted octanol–water partition coefficient (Wildman–Crippen LogP) is 7.45. The van der Waals surface area contributed by atoms with Gasteiger partial charge in [0.05, 0.1) is 5.56 Å². The van der Waals surface area contributed by atoms with Gasteiger partial charge >= 0.3 is 0 Å². The van der Waals surface area contributed by atoms with Crippen molar-refractivity contribution in [2.24, 2.45) is 5.92 Å². The molecule has 0 saturated heterocycles. The highest BCUT2D eigenvalue weighted by Gasteiger charge is 2.21. The number of hydrogen-bond donors (Lipinski definition) is 0. The van der Waals surface area contributed by atoms with E-state index in [0.717, 1.165) is 24.3 Å². The maximum Gasteiger partial charge on any atom is 0.140 e. The average Bonchev–Trinajstić information content (AvgIpc) is 2.75. The summed E-state index contributed by atoms with van der Waals surface area (Å²) in [6.45, 7) is 4.37. The zero-order chi connectivity index (χ0) is 20.5. The molecule has 0 radical (unpaired) electrons. The molecule has 1 saturated carbocycles. The Morgan fingerprint density at radius 1 is 0.828 bits per heavy atom. The SMILES string of the molecule is CCCC#Cc1ccc(C#Cc2ccc(C3CCC(CCC)CC3)cc2)c(F)c1. The Bertz CT molecular complexity index is 907. The van der Waals surface area contributed by atoms with Crippen LogP contribution in [-0.2, 0) is 0 Å². The second-order valence-corrected chi connectivity index (χ2v) is 8.12. The van der Waals surface area contributed by atoms with Crippen LogP contribution in [0.2, 0.25) is 0 Å². The van der Waals surface area contributed by atoms with Gasteiger partial charge in [-0.05, 0) is 79.8 Å². The first-order valence-corrected chi connectivity index (χ1v) is 11.1. The number of benzene rings is 2. The van der Waals surface area contributed by atoms with E-state index in [4.69, 9.17) is 0 Å². The quantitative estimate of drug-likeness (QED) is 0.479. The maximum absolute atomic E-state index is 14.3. The summed E-state index contributed by atoms with van der Waals surface area (Å²) in [7, 11) is 0.